The number of ether oxygens (including phenoxy) is 1. The number of esters is 1. The molecule has 1 amide bonds. The van der Waals surface area contributed by atoms with Crippen molar-refractivity contribution in [2.45, 2.75) is 70.4 Å². The molecule has 5 nitrogen and oxygen atoms in total. The highest BCUT2D eigenvalue weighted by Crippen LogP contribution is 2.24. The smallest absolute Gasteiger partial charge is 0.348 e. The number of thiophene rings is 1. The Morgan fingerprint density at radius 3 is 2.74 bits per heavy atom. The summed E-state index contributed by atoms with van der Waals surface area (Å²) in [6.07, 6.45) is 10.7. The van der Waals surface area contributed by atoms with Crippen molar-refractivity contribution in [1.29, 1.82) is 0 Å². The average molecular weight is 484 g/mol. The van der Waals surface area contributed by atoms with Crippen LogP contribution in [-0.2, 0) is 22.4 Å². The lowest BCUT2D eigenvalue weighted by molar-refractivity contribution is -0.128. The first-order chi connectivity index (χ1) is 16.5. The van der Waals surface area contributed by atoms with E-state index in [2.05, 4.69) is 31.2 Å². The van der Waals surface area contributed by atoms with E-state index in [-0.39, 0.29) is 23.8 Å². The van der Waals surface area contributed by atoms with Crippen molar-refractivity contribution in [3.63, 3.8) is 0 Å². The minimum absolute atomic E-state index is 0.0568. The van der Waals surface area contributed by atoms with E-state index in [9.17, 15) is 14.7 Å². The van der Waals surface area contributed by atoms with Gasteiger partial charge in [-0.05, 0) is 62.1 Å². The summed E-state index contributed by atoms with van der Waals surface area (Å²) in [4.78, 5) is 27.7. The molecule has 1 aromatic heterocycles. The van der Waals surface area contributed by atoms with Crippen LogP contribution in [-0.4, -0.2) is 47.7 Å². The van der Waals surface area contributed by atoms with Crippen LogP contribution in [0.1, 0.15) is 65.6 Å². The highest BCUT2D eigenvalue weighted by molar-refractivity contribution is 7.13. The fourth-order valence-electron chi connectivity index (χ4n) is 4.44. The third-order valence-corrected chi connectivity index (χ3v) is 7.70. The molecule has 2 aromatic rings. The van der Waals surface area contributed by atoms with Crippen LogP contribution in [0.2, 0.25) is 0 Å². The summed E-state index contributed by atoms with van der Waals surface area (Å²) in [7, 11) is 1.39. The molecule has 0 aliphatic carbocycles. The van der Waals surface area contributed by atoms with Gasteiger partial charge in [-0.25, -0.2) is 4.79 Å². The van der Waals surface area contributed by atoms with Crippen LogP contribution in [0, 0.1) is 5.92 Å². The average Bonchev–Trinajstić information content (AvgIpc) is 3.47. The first kappa shape index (κ1) is 26.2. The molecule has 0 radical (unpaired) electrons. The van der Waals surface area contributed by atoms with Crippen LogP contribution in [0.3, 0.4) is 0 Å². The number of methoxy groups -OCH3 is 1. The molecule has 0 bridgehead atoms. The molecule has 34 heavy (non-hydrogen) atoms. The number of aryl methyl sites for hydroxylation is 2. The Hall–Kier alpha value is -2.44. The second-order valence-electron chi connectivity index (χ2n) is 9.14. The molecule has 0 saturated carbocycles. The third-order valence-electron chi connectivity index (χ3n) is 6.58. The van der Waals surface area contributed by atoms with Crippen LogP contribution in [0.5, 0.6) is 0 Å². The Kier molecular flexibility index (Phi) is 10.4. The van der Waals surface area contributed by atoms with E-state index in [1.54, 1.807) is 6.07 Å². The van der Waals surface area contributed by atoms with Crippen LogP contribution >= 0.6 is 11.3 Å². The fourth-order valence-corrected chi connectivity index (χ4v) is 5.40. The number of unbranched alkanes of at least 4 members (excludes halogenated alkanes) is 1. The number of carbonyl (C=O) groups excluding carboxylic acids is 2. The van der Waals surface area contributed by atoms with Gasteiger partial charge in [-0.1, -0.05) is 55.8 Å². The molecule has 2 heterocycles. The van der Waals surface area contributed by atoms with Gasteiger partial charge in [0.25, 0.3) is 0 Å². The van der Waals surface area contributed by atoms with Crippen molar-refractivity contribution in [3.05, 3.63) is 69.9 Å². The Morgan fingerprint density at radius 2 is 1.97 bits per heavy atom. The van der Waals surface area contributed by atoms with Crippen molar-refractivity contribution < 1.29 is 19.4 Å². The molecular formula is C28H37NO4S. The van der Waals surface area contributed by atoms with Crippen LogP contribution in [0.25, 0.3) is 0 Å². The minimum atomic E-state index is -0.489. The molecule has 1 aromatic carbocycles. The second kappa shape index (κ2) is 13.4. The van der Waals surface area contributed by atoms with E-state index >= 15 is 0 Å². The molecule has 1 aliphatic heterocycles. The van der Waals surface area contributed by atoms with E-state index in [0.717, 1.165) is 49.8 Å². The normalized spacial score (nSPS) is 17.9. The highest BCUT2D eigenvalue weighted by Gasteiger charge is 2.28. The van der Waals surface area contributed by atoms with Crippen LogP contribution in [0.15, 0.2) is 54.6 Å². The van der Waals surface area contributed by atoms with Crippen molar-refractivity contribution in [2.75, 3.05) is 13.7 Å². The summed E-state index contributed by atoms with van der Waals surface area (Å²) in [5.41, 5.74) is 1.37. The molecule has 3 atom stereocenters. The van der Waals surface area contributed by atoms with E-state index in [1.807, 2.05) is 29.2 Å². The zero-order valence-electron chi connectivity index (χ0n) is 20.3. The van der Waals surface area contributed by atoms with Gasteiger partial charge in [0.1, 0.15) is 4.88 Å². The number of carbonyl (C=O) groups is 2. The lowest BCUT2D eigenvalue weighted by Crippen LogP contribution is -2.33. The molecule has 1 aliphatic rings. The number of nitrogens with zero attached hydrogens (tertiary/aromatic N) is 1. The maximum absolute atomic E-state index is 12.4. The summed E-state index contributed by atoms with van der Waals surface area (Å²) in [5, 5.41) is 10.6. The standard InChI is InChI=1S/C28H37NO4S/c1-21(9-6-7-12-22-10-4-3-5-11-22)25(30)17-14-23-15-19-27(31)29(23)20-8-13-24-16-18-26(34-24)28(32)33-2/h3-5,10-11,14,16-18,21,23,25,30H,6-9,12-13,15,19-20H2,1-2H3/t21-,23+,25+/m1/s1. The predicted molar refractivity (Wildman–Crippen MR) is 137 cm³/mol. The van der Waals surface area contributed by atoms with Crippen molar-refractivity contribution >= 4 is 23.2 Å². The lowest BCUT2D eigenvalue weighted by atomic mass is 9.95. The quantitative estimate of drug-likeness (QED) is 0.235. The topological polar surface area (TPSA) is 66.8 Å². The van der Waals surface area contributed by atoms with Gasteiger partial charge in [-0.2, -0.15) is 0 Å². The molecule has 3 rings (SSSR count). The van der Waals surface area contributed by atoms with Gasteiger partial charge in [-0.15, -0.1) is 11.3 Å². The van der Waals surface area contributed by atoms with Crippen LogP contribution in [0.4, 0.5) is 0 Å². The Bertz CT molecular complexity index is 939. The van der Waals surface area contributed by atoms with Gasteiger partial charge >= 0.3 is 5.97 Å². The molecule has 184 valence electrons. The van der Waals surface area contributed by atoms with E-state index in [1.165, 1.54) is 24.0 Å². The van der Waals surface area contributed by atoms with Gasteiger partial charge in [0.15, 0.2) is 0 Å². The summed E-state index contributed by atoms with van der Waals surface area (Å²) < 4.78 is 4.76. The van der Waals surface area contributed by atoms with Gasteiger partial charge in [0.05, 0.1) is 19.3 Å². The number of benzene rings is 1. The zero-order chi connectivity index (χ0) is 24.3. The molecule has 0 unspecified atom stereocenters. The zero-order valence-corrected chi connectivity index (χ0v) is 21.1. The minimum Gasteiger partial charge on any atom is -0.465 e. The second-order valence-corrected chi connectivity index (χ2v) is 10.3. The predicted octanol–water partition coefficient (Wildman–Crippen LogP) is 5.42. The highest BCUT2D eigenvalue weighted by atomic mass is 32.1. The van der Waals surface area contributed by atoms with E-state index in [0.29, 0.717) is 17.8 Å². The van der Waals surface area contributed by atoms with Gasteiger partial charge < -0.3 is 14.7 Å². The molecule has 0 spiro atoms. The largest absolute Gasteiger partial charge is 0.465 e. The van der Waals surface area contributed by atoms with Gasteiger partial charge in [0.2, 0.25) is 5.91 Å². The van der Waals surface area contributed by atoms with Crippen LogP contribution < -0.4 is 0 Å². The van der Waals surface area contributed by atoms with Crippen molar-refractivity contribution in [1.82, 2.24) is 4.90 Å². The number of hydrogen-bond acceptors (Lipinski definition) is 5. The summed E-state index contributed by atoms with van der Waals surface area (Å²) in [6, 6.07) is 14.3. The molecule has 1 N–H and O–H groups in total. The Morgan fingerprint density at radius 1 is 1.18 bits per heavy atom. The molecule has 1 saturated heterocycles. The van der Waals surface area contributed by atoms with Crippen molar-refractivity contribution in [3.8, 4) is 0 Å². The van der Waals surface area contributed by atoms with Gasteiger partial charge in [-0.3, -0.25) is 4.79 Å². The third kappa shape index (κ3) is 7.81. The van der Waals surface area contributed by atoms with E-state index < -0.39 is 6.10 Å². The maximum atomic E-state index is 12.4. The first-order valence-electron chi connectivity index (χ1n) is 12.3. The summed E-state index contributed by atoms with van der Waals surface area (Å²) in [5.74, 6) is 0.0695. The Balaban J connectivity index is 1.40. The van der Waals surface area contributed by atoms with Gasteiger partial charge in [0, 0.05) is 17.8 Å². The number of rotatable bonds is 13. The summed E-state index contributed by atoms with van der Waals surface area (Å²) >= 11 is 1.45. The number of likely N-dealkylation sites (tertiary alicyclic amines) is 1. The number of amides is 1. The van der Waals surface area contributed by atoms with E-state index in [4.69, 9.17) is 4.74 Å². The fraction of sp³-hybridized carbons (Fsp3) is 0.500. The van der Waals surface area contributed by atoms with Crippen molar-refractivity contribution in [2.24, 2.45) is 5.92 Å². The first-order valence-corrected chi connectivity index (χ1v) is 13.2. The SMILES string of the molecule is COC(=O)c1ccc(CCCN2C(=O)CC[C@@H]2C=C[C@H](O)[C@H](C)CCCCc2ccccc2)s1. The molecule has 6 heteroatoms. The maximum Gasteiger partial charge on any atom is 0.348 e. The monoisotopic (exact) mass is 483 g/mol. The number of aliphatic hydroxyl groups is 1. The Labute approximate surface area is 207 Å². The molecule has 1 fully saturated rings. The summed E-state index contributed by atoms with van der Waals surface area (Å²) in [6.45, 7) is 2.78. The number of hydrogen-bond donors (Lipinski definition) is 1. The number of aliphatic hydroxyl groups excluding tert-OH is 1. The molecular weight excluding hydrogens is 446 g/mol. The lowest BCUT2D eigenvalue weighted by Gasteiger charge is -2.23.